The van der Waals surface area contributed by atoms with E-state index in [0.717, 1.165) is 32.5 Å². The van der Waals surface area contributed by atoms with Crippen LogP contribution in [0.1, 0.15) is 42.5 Å². The van der Waals surface area contributed by atoms with Crippen LogP contribution in [0, 0.1) is 6.92 Å². The van der Waals surface area contributed by atoms with E-state index in [1.165, 1.54) is 22.4 Å². The summed E-state index contributed by atoms with van der Waals surface area (Å²) in [5.74, 6) is 0. The van der Waals surface area contributed by atoms with Gasteiger partial charge >= 0.3 is 0 Å². The van der Waals surface area contributed by atoms with E-state index >= 15 is 0 Å². The lowest BCUT2D eigenvalue weighted by atomic mass is 10.0. The van der Waals surface area contributed by atoms with Crippen LogP contribution < -0.4 is 10.2 Å². The number of benzene rings is 2. The fourth-order valence-corrected chi connectivity index (χ4v) is 3.19. The third-order valence-corrected chi connectivity index (χ3v) is 4.96. The first-order valence-corrected chi connectivity index (χ1v) is 8.94. The summed E-state index contributed by atoms with van der Waals surface area (Å²) in [7, 11) is 0. The van der Waals surface area contributed by atoms with Crippen molar-refractivity contribution in [3.8, 4) is 0 Å². The number of nitrogens with zero attached hydrogens (tertiary/aromatic N) is 1. The molecule has 0 bridgehead atoms. The predicted octanol–water partition coefficient (Wildman–Crippen LogP) is 3.81. The Hall–Kier alpha value is -1.84. The van der Waals surface area contributed by atoms with Crippen molar-refractivity contribution in [2.75, 3.05) is 18.0 Å². The molecule has 1 aliphatic rings. The summed E-state index contributed by atoms with van der Waals surface area (Å²) in [5.41, 5.74) is 5.18. The van der Waals surface area contributed by atoms with Crippen molar-refractivity contribution in [3.05, 3.63) is 65.2 Å². The van der Waals surface area contributed by atoms with Gasteiger partial charge in [-0.1, -0.05) is 42.0 Å². The summed E-state index contributed by atoms with van der Waals surface area (Å²) >= 11 is 0. The molecule has 0 radical (unpaired) electrons. The summed E-state index contributed by atoms with van der Waals surface area (Å²) in [4.78, 5) is 2.36. The molecule has 2 aromatic carbocycles. The Morgan fingerprint density at radius 3 is 2.29 bits per heavy atom. The molecule has 24 heavy (non-hydrogen) atoms. The van der Waals surface area contributed by atoms with Gasteiger partial charge in [-0.3, -0.25) is 0 Å². The lowest BCUT2D eigenvalue weighted by Gasteiger charge is -2.31. The Bertz CT molecular complexity index is 628. The van der Waals surface area contributed by atoms with Crippen LogP contribution in [0.2, 0.25) is 0 Å². The van der Waals surface area contributed by atoms with Crippen LogP contribution in [0.5, 0.6) is 0 Å². The summed E-state index contributed by atoms with van der Waals surface area (Å²) in [6, 6.07) is 17.8. The number of piperidine rings is 1. The molecule has 1 atom stereocenters. The van der Waals surface area contributed by atoms with Crippen LogP contribution in [-0.4, -0.2) is 24.3 Å². The van der Waals surface area contributed by atoms with Crippen molar-refractivity contribution in [3.63, 3.8) is 0 Å². The van der Waals surface area contributed by atoms with Crippen LogP contribution in [0.4, 0.5) is 5.69 Å². The Morgan fingerprint density at radius 2 is 1.67 bits per heavy atom. The zero-order valence-corrected chi connectivity index (χ0v) is 14.7. The highest BCUT2D eigenvalue weighted by Crippen LogP contribution is 2.22. The zero-order chi connectivity index (χ0) is 16.9. The minimum absolute atomic E-state index is 0.119. The third-order valence-electron chi connectivity index (χ3n) is 4.96. The molecule has 2 aromatic rings. The average molecular weight is 324 g/mol. The molecule has 1 aliphatic heterocycles. The van der Waals surface area contributed by atoms with Crippen molar-refractivity contribution in [1.82, 2.24) is 5.32 Å². The van der Waals surface area contributed by atoms with Gasteiger partial charge in [-0.15, -0.1) is 0 Å². The molecule has 128 valence electrons. The van der Waals surface area contributed by atoms with E-state index in [4.69, 9.17) is 0 Å². The van der Waals surface area contributed by atoms with Gasteiger partial charge in [-0.05, 0) is 49.9 Å². The van der Waals surface area contributed by atoms with Crippen molar-refractivity contribution in [2.24, 2.45) is 0 Å². The monoisotopic (exact) mass is 324 g/mol. The smallest absolute Gasteiger partial charge is 0.0574 e. The standard InChI is InChI=1S/C21H28N2O/c1-16-3-5-18(6-4-16)15-22-17(2)19-7-9-20(10-8-19)23-13-11-21(24)12-14-23/h3-10,17,21-22,24H,11-15H2,1-2H3. The quantitative estimate of drug-likeness (QED) is 0.878. The molecule has 3 heteroatoms. The molecule has 3 rings (SSSR count). The number of nitrogens with one attached hydrogen (secondary N) is 1. The van der Waals surface area contributed by atoms with Crippen LogP contribution >= 0.6 is 0 Å². The molecule has 1 fully saturated rings. The van der Waals surface area contributed by atoms with Gasteiger partial charge in [0.05, 0.1) is 6.10 Å². The molecule has 1 unspecified atom stereocenters. The second kappa shape index (κ2) is 7.82. The second-order valence-corrected chi connectivity index (χ2v) is 6.90. The van der Waals surface area contributed by atoms with Gasteiger partial charge in [0.1, 0.15) is 0 Å². The van der Waals surface area contributed by atoms with Gasteiger partial charge in [-0.2, -0.15) is 0 Å². The van der Waals surface area contributed by atoms with Gasteiger partial charge in [0.15, 0.2) is 0 Å². The molecule has 0 amide bonds. The summed E-state index contributed by atoms with van der Waals surface area (Å²) in [5, 5.41) is 13.2. The molecule has 1 heterocycles. The van der Waals surface area contributed by atoms with Crippen molar-refractivity contribution in [2.45, 2.75) is 45.4 Å². The van der Waals surface area contributed by atoms with E-state index in [-0.39, 0.29) is 6.10 Å². The molecule has 0 saturated carbocycles. The summed E-state index contributed by atoms with van der Waals surface area (Å²) in [6.45, 7) is 7.10. The van der Waals surface area contributed by atoms with Gasteiger partial charge in [-0.25, -0.2) is 0 Å². The maximum Gasteiger partial charge on any atom is 0.0574 e. The van der Waals surface area contributed by atoms with Crippen LogP contribution in [-0.2, 0) is 6.54 Å². The first-order chi connectivity index (χ1) is 11.6. The van der Waals surface area contributed by atoms with E-state index < -0.39 is 0 Å². The predicted molar refractivity (Wildman–Crippen MR) is 100 cm³/mol. The maximum atomic E-state index is 9.62. The largest absolute Gasteiger partial charge is 0.393 e. The van der Waals surface area contributed by atoms with Gasteiger partial charge < -0.3 is 15.3 Å². The molecule has 0 aliphatic carbocycles. The summed E-state index contributed by atoms with van der Waals surface area (Å²) < 4.78 is 0. The van der Waals surface area contributed by atoms with Gasteiger partial charge in [0, 0.05) is 31.4 Å². The topological polar surface area (TPSA) is 35.5 Å². The normalized spacial score (nSPS) is 17.0. The second-order valence-electron chi connectivity index (χ2n) is 6.90. The molecular formula is C21H28N2O. The highest BCUT2D eigenvalue weighted by molar-refractivity contribution is 5.48. The first-order valence-electron chi connectivity index (χ1n) is 8.94. The maximum absolute atomic E-state index is 9.62. The van der Waals surface area contributed by atoms with E-state index in [0.29, 0.717) is 6.04 Å². The fourth-order valence-electron chi connectivity index (χ4n) is 3.19. The van der Waals surface area contributed by atoms with E-state index in [1.807, 2.05) is 0 Å². The van der Waals surface area contributed by atoms with Crippen molar-refractivity contribution >= 4 is 5.69 Å². The number of aryl methyl sites for hydroxylation is 1. The molecule has 0 spiro atoms. The summed E-state index contributed by atoms with van der Waals surface area (Å²) in [6.07, 6.45) is 1.62. The highest BCUT2D eigenvalue weighted by atomic mass is 16.3. The van der Waals surface area contributed by atoms with Gasteiger partial charge in [0.2, 0.25) is 0 Å². The SMILES string of the molecule is Cc1ccc(CNC(C)c2ccc(N3CCC(O)CC3)cc2)cc1. The molecule has 0 aromatic heterocycles. The molecular weight excluding hydrogens is 296 g/mol. The van der Waals surface area contributed by atoms with Crippen molar-refractivity contribution in [1.29, 1.82) is 0 Å². The minimum Gasteiger partial charge on any atom is -0.393 e. The highest BCUT2D eigenvalue weighted by Gasteiger charge is 2.17. The number of aliphatic hydroxyl groups is 1. The Kier molecular flexibility index (Phi) is 5.54. The number of rotatable bonds is 5. The van der Waals surface area contributed by atoms with Crippen LogP contribution in [0.3, 0.4) is 0 Å². The van der Waals surface area contributed by atoms with Crippen LogP contribution in [0.15, 0.2) is 48.5 Å². The number of hydrogen-bond acceptors (Lipinski definition) is 3. The lowest BCUT2D eigenvalue weighted by Crippen LogP contribution is -2.35. The Balaban J connectivity index is 1.55. The van der Waals surface area contributed by atoms with Gasteiger partial charge in [0.25, 0.3) is 0 Å². The first kappa shape index (κ1) is 17.0. The number of anilines is 1. The Labute approximate surface area is 145 Å². The zero-order valence-electron chi connectivity index (χ0n) is 14.7. The van der Waals surface area contributed by atoms with E-state index in [1.54, 1.807) is 0 Å². The van der Waals surface area contributed by atoms with E-state index in [9.17, 15) is 5.11 Å². The van der Waals surface area contributed by atoms with Crippen molar-refractivity contribution < 1.29 is 5.11 Å². The average Bonchev–Trinajstić information content (AvgIpc) is 2.62. The fraction of sp³-hybridized carbons (Fsp3) is 0.429. The minimum atomic E-state index is -0.119. The van der Waals surface area contributed by atoms with E-state index in [2.05, 4.69) is 72.6 Å². The Morgan fingerprint density at radius 1 is 1.04 bits per heavy atom. The number of hydrogen-bond donors (Lipinski definition) is 2. The lowest BCUT2D eigenvalue weighted by molar-refractivity contribution is 0.145. The molecule has 3 nitrogen and oxygen atoms in total. The number of aliphatic hydroxyl groups excluding tert-OH is 1. The molecule has 1 saturated heterocycles. The molecule has 2 N–H and O–H groups in total. The van der Waals surface area contributed by atoms with Crippen LogP contribution in [0.25, 0.3) is 0 Å². The third kappa shape index (κ3) is 4.37.